The Bertz CT molecular complexity index is 378. The van der Waals surface area contributed by atoms with Crippen molar-refractivity contribution in [1.29, 1.82) is 0 Å². The lowest BCUT2D eigenvalue weighted by Crippen LogP contribution is -2.34. The third kappa shape index (κ3) is 3.19. The van der Waals surface area contributed by atoms with Crippen LogP contribution in [0.15, 0.2) is 18.2 Å². The van der Waals surface area contributed by atoms with Crippen molar-refractivity contribution in [2.24, 2.45) is 17.1 Å². The molecule has 0 heterocycles. The van der Waals surface area contributed by atoms with Crippen molar-refractivity contribution in [3.8, 4) is 5.75 Å². The second-order valence-corrected chi connectivity index (χ2v) is 5.16. The minimum absolute atomic E-state index is 0.00102. The Hall–Kier alpha value is -1.09. The number of halogens is 1. The van der Waals surface area contributed by atoms with Crippen molar-refractivity contribution >= 4 is 0 Å². The van der Waals surface area contributed by atoms with Crippen LogP contribution >= 0.6 is 0 Å². The Balaban J connectivity index is 2.91. The van der Waals surface area contributed by atoms with Gasteiger partial charge in [-0.1, -0.05) is 26.8 Å². The van der Waals surface area contributed by atoms with Gasteiger partial charge in [-0.25, -0.2) is 4.39 Å². The van der Waals surface area contributed by atoms with Crippen LogP contribution in [0, 0.1) is 17.2 Å². The lowest BCUT2D eigenvalue weighted by Gasteiger charge is -2.32. The molecule has 0 aromatic heterocycles. The van der Waals surface area contributed by atoms with Crippen LogP contribution in [-0.2, 0) is 6.42 Å². The van der Waals surface area contributed by atoms with Gasteiger partial charge >= 0.3 is 0 Å². The fourth-order valence-electron chi connectivity index (χ4n) is 1.80. The van der Waals surface area contributed by atoms with Gasteiger partial charge in [-0.15, -0.1) is 0 Å². The summed E-state index contributed by atoms with van der Waals surface area (Å²) in [6.07, 6.45) is 0.780. The highest BCUT2D eigenvalue weighted by molar-refractivity contribution is 5.30. The van der Waals surface area contributed by atoms with Gasteiger partial charge in [0.1, 0.15) is 0 Å². The van der Waals surface area contributed by atoms with Crippen molar-refractivity contribution in [2.75, 3.05) is 13.7 Å². The number of hydrogen-bond acceptors (Lipinski definition) is 2. The van der Waals surface area contributed by atoms with Crippen LogP contribution in [-0.4, -0.2) is 13.7 Å². The maximum atomic E-state index is 13.6. The van der Waals surface area contributed by atoms with Crippen LogP contribution in [0.25, 0.3) is 0 Å². The summed E-state index contributed by atoms with van der Waals surface area (Å²) in [6, 6.07) is 5.11. The predicted octanol–water partition coefficient (Wildman–Crippen LogP) is 3.00. The topological polar surface area (TPSA) is 35.2 Å². The van der Waals surface area contributed by atoms with Crippen LogP contribution in [0.3, 0.4) is 0 Å². The largest absolute Gasteiger partial charge is 0.494 e. The number of hydrogen-bond donors (Lipinski definition) is 1. The molecule has 2 N–H and O–H groups in total. The molecule has 0 radical (unpaired) electrons. The molecule has 1 aromatic rings. The quantitative estimate of drug-likeness (QED) is 0.857. The maximum absolute atomic E-state index is 13.6. The zero-order valence-electron chi connectivity index (χ0n) is 11.1. The van der Waals surface area contributed by atoms with Crippen LogP contribution in [0.2, 0.25) is 0 Å². The molecule has 0 saturated carbocycles. The predicted molar refractivity (Wildman–Crippen MR) is 68.7 cm³/mol. The summed E-state index contributed by atoms with van der Waals surface area (Å²) >= 11 is 0. The SMILES string of the molecule is COc1ccc(CC(C)(CN)C(C)C)cc1F. The summed E-state index contributed by atoms with van der Waals surface area (Å²) in [6.45, 7) is 7.03. The highest BCUT2D eigenvalue weighted by Gasteiger charge is 2.27. The van der Waals surface area contributed by atoms with Crippen molar-refractivity contribution in [1.82, 2.24) is 0 Å². The molecule has 0 aliphatic rings. The first-order chi connectivity index (χ1) is 7.92. The van der Waals surface area contributed by atoms with E-state index in [0.717, 1.165) is 12.0 Å². The van der Waals surface area contributed by atoms with Crippen LogP contribution in [0.4, 0.5) is 4.39 Å². The fourth-order valence-corrected chi connectivity index (χ4v) is 1.80. The molecule has 0 aliphatic heterocycles. The van der Waals surface area contributed by atoms with Gasteiger partial charge in [0.15, 0.2) is 11.6 Å². The van der Waals surface area contributed by atoms with E-state index in [-0.39, 0.29) is 17.0 Å². The lowest BCUT2D eigenvalue weighted by molar-refractivity contribution is 0.227. The monoisotopic (exact) mass is 239 g/mol. The molecule has 0 bridgehead atoms. The van der Waals surface area contributed by atoms with Crippen molar-refractivity contribution in [3.63, 3.8) is 0 Å². The van der Waals surface area contributed by atoms with Gasteiger partial charge in [0.05, 0.1) is 7.11 Å². The summed E-state index contributed by atoms with van der Waals surface area (Å²) in [5.41, 5.74) is 6.80. The van der Waals surface area contributed by atoms with Gasteiger partial charge in [-0.05, 0) is 42.0 Å². The molecule has 0 aliphatic carbocycles. The first-order valence-corrected chi connectivity index (χ1v) is 5.95. The lowest BCUT2D eigenvalue weighted by atomic mass is 9.74. The van der Waals surface area contributed by atoms with E-state index in [4.69, 9.17) is 10.5 Å². The van der Waals surface area contributed by atoms with Gasteiger partial charge in [-0.2, -0.15) is 0 Å². The highest BCUT2D eigenvalue weighted by atomic mass is 19.1. The van der Waals surface area contributed by atoms with Gasteiger partial charge in [0.2, 0.25) is 0 Å². The molecule has 3 heteroatoms. The summed E-state index contributed by atoms with van der Waals surface area (Å²) in [5.74, 6) is 0.429. The molecule has 0 fully saturated rings. The van der Waals surface area contributed by atoms with Gasteiger partial charge in [0.25, 0.3) is 0 Å². The van der Waals surface area contributed by atoms with Crippen LogP contribution in [0.5, 0.6) is 5.75 Å². The van der Waals surface area contributed by atoms with Crippen LogP contribution in [0.1, 0.15) is 26.3 Å². The third-order valence-corrected chi connectivity index (χ3v) is 3.68. The van der Waals surface area contributed by atoms with E-state index in [2.05, 4.69) is 20.8 Å². The van der Waals surface area contributed by atoms with Gasteiger partial charge < -0.3 is 10.5 Å². The Labute approximate surface area is 103 Å². The fraction of sp³-hybridized carbons (Fsp3) is 0.571. The minimum Gasteiger partial charge on any atom is -0.494 e. The third-order valence-electron chi connectivity index (χ3n) is 3.68. The molecule has 0 spiro atoms. The van der Waals surface area contributed by atoms with E-state index >= 15 is 0 Å². The second-order valence-electron chi connectivity index (χ2n) is 5.16. The summed E-state index contributed by atoms with van der Waals surface area (Å²) in [5, 5.41) is 0. The maximum Gasteiger partial charge on any atom is 0.165 e. The number of rotatable bonds is 5. The smallest absolute Gasteiger partial charge is 0.165 e. The van der Waals surface area contributed by atoms with E-state index in [1.165, 1.54) is 13.2 Å². The zero-order chi connectivity index (χ0) is 13.1. The van der Waals surface area contributed by atoms with E-state index in [9.17, 15) is 4.39 Å². The average molecular weight is 239 g/mol. The Morgan fingerprint density at radius 2 is 2.06 bits per heavy atom. The summed E-state index contributed by atoms with van der Waals surface area (Å²) in [4.78, 5) is 0. The van der Waals surface area contributed by atoms with Crippen LogP contribution < -0.4 is 10.5 Å². The van der Waals surface area contributed by atoms with Crippen molar-refractivity contribution in [3.05, 3.63) is 29.6 Å². The number of methoxy groups -OCH3 is 1. The normalized spacial score (nSPS) is 14.8. The van der Waals surface area contributed by atoms with Crippen molar-refractivity contribution in [2.45, 2.75) is 27.2 Å². The highest BCUT2D eigenvalue weighted by Crippen LogP contribution is 2.31. The molecule has 0 amide bonds. The number of nitrogens with two attached hydrogens (primary N) is 1. The van der Waals surface area contributed by atoms with Crippen molar-refractivity contribution < 1.29 is 9.13 Å². The van der Waals surface area contributed by atoms with Gasteiger partial charge in [0, 0.05) is 0 Å². The van der Waals surface area contributed by atoms with E-state index < -0.39 is 0 Å². The molecular formula is C14H22FNO. The molecule has 96 valence electrons. The summed E-state index contributed by atoms with van der Waals surface area (Å²) in [7, 11) is 1.47. The van der Waals surface area contributed by atoms with E-state index in [1.54, 1.807) is 6.07 Å². The average Bonchev–Trinajstić information content (AvgIpc) is 2.29. The molecule has 1 rings (SSSR count). The van der Waals surface area contributed by atoms with Gasteiger partial charge in [-0.3, -0.25) is 0 Å². The first kappa shape index (κ1) is 14.0. The second kappa shape index (κ2) is 5.50. The molecule has 2 nitrogen and oxygen atoms in total. The molecule has 0 saturated heterocycles. The zero-order valence-corrected chi connectivity index (χ0v) is 11.1. The number of benzene rings is 1. The molecule has 1 unspecified atom stereocenters. The minimum atomic E-state index is -0.312. The molecule has 1 atom stereocenters. The van der Waals surface area contributed by atoms with E-state index in [0.29, 0.717) is 12.5 Å². The van der Waals surface area contributed by atoms with E-state index in [1.807, 2.05) is 6.07 Å². The Kier molecular flexibility index (Phi) is 4.52. The first-order valence-electron chi connectivity index (χ1n) is 5.95. The molecular weight excluding hydrogens is 217 g/mol. The number of ether oxygens (including phenoxy) is 1. The summed E-state index contributed by atoms with van der Waals surface area (Å²) < 4.78 is 18.5. The Morgan fingerprint density at radius 3 is 2.47 bits per heavy atom. The standard InChI is InChI=1S/C14H22FNO/c1-10(2)14(3,9-16)8-11-5-6-13(17-4)12(15)7-11/h5-7,10H,8-9,16H2,1-4H3. The Morgan fingerprint density at radius 1 is 1.41 bits per heavy atom. The molecule has 17 heavy (non-hydrogen) atoms. The molecule has 1 aromatic carbocycles.